The van der Waals surface area contributed by atoms with Crippen molar-refractivity contribution in [2.24, 2.45) is 5.92 Å². The summed E-state index contributed by atoms with van der Waals surface area (Å²) in [6, 6.07) is 1.29. The van der Waals surface area contributed by atoms with Crippen molar-refractivity contribution < 1.29 is 18.0 Å². The molecule has 1 N–H and O–H groups in total. The van der Waals surface area contributed by atoms with Crippen molar-refractivity contribution in [1.29, 1.82) is 0 Å². The lowest BCUT2D eigenvalue weighted by molar-refractivity contribution is 0.0910. The number of carbonyl (C=O) groups excluding carboxylic acids is 1. The first-order valence-corrected chi connectivity index (χ1v) is 7.07. The van der Waals surface area contributed by atoms with Gasteiger partial charge in [0, 0.05) is 17.5 Å². The number of rotatable bonds is 3. The molecule has 1 amide bonds. The summed E-state index contributed by atoms with van der Waals surface area (Å²) < 4.78 is 39.1. The highest BCUT2D eigenvalue weighted by atomic mass is 35.5. The number of amides is 1. The van der Waals surface area contributed by atoms with Crippen molar-refractivity contribution >= 4 is 17.5 Å². The molecule has 1 aliphatic rings. The average Bonchev–Trinajstić information content (AvgIpc) is 2.44. The van der Waals surface area contributed by atoms with Gasteiger partial charge in [-0.05, 0) is 30.9 Å². The molecule has 1 aliphatic carbocycles. The first-order valence-electron chi connectivity index (χ1n) is 6.54. The van der Waals surface area contributed by atoms with Crippen LogP contribution in [0.1, 0.15) is 36.0 Å². The van der Waals surface area contributed by atoms with Crippen LogP contribution in [0.2, 0.25) is 0 Å². The fourth-order valence-electron chi connectivity index (χ4n) is 2.52. The maximum atomic E-state index is 13.1. The Kier molecular flexibility index (Phi) is 4.91. The SMILES string of the molecule is O=C(NC1CCCCC1CCl)c1cc(F)c(F)c(F)c1. The first kappa shape index (κ1) is 15.2. The van der Waals surface area contributed by atoms with Gasteiger partial charge >= 0.3 is 0 Å². The summed E-state index contributed by atoms with van der Waals surface area (Å²) >= 11 is 5.85. The highest BCUT2D eigenvalue weighted by Gasteiger charge is 2.26. The molecule has 0 heterocycles. The third kappa shape index (κ3) is 3.26. The van der Waals surface area contributed by atoms with E-state index in [2.05, 4.69) is 5.32 Å². The number of hydrogen-bond acceptors (Lipinski definition) is 1. The van der Waals surface area contributed by atoms with Crippen LogP contribution in [0.25, 0.3) is 0 Å². The van der Waals surface area contributed by atoms with Crippen LogP contribution in [0.4, 0.5) is 13.2 Å². The summed E-state index contributed by atoms with van der Waals surface area (Å²) in [6.07, 6.45) is 3.74. The Morgan fingerprint density at radius 1 is 1.20 bits per heavy atom. The average molecular weight is 306 g/mol. The number of carbonyl (C=O) groups is 1. The lowest BCUT2D eigenvalue weighted by Gasteiger charge is -2.30. The summed E-state index contributed by atoms with van der Waals surface area (Å²) in [6.45, 7) is 0. The lowest BCUT2D eigenvalue weighted by atomic mass is 9.85. The standard InChI is InChI=1S/C14H15ClF3NO/c15-7-8-3-1-2-4-12(8)19-14(20)9-5-10(16)13(18)11(17)6-9/h5-6,8,12H,1-4,7H2,(H,19,20). The van der Waals surface area contributed by atoms with Crippen molar-refractivity contribution in [1.82, 2.24) is 5.32 Å². The number of alkyl halides is 1. The molecule has 2 rings (SSSR count). The van der Waals surface area contributed by atoms with Crippen molar-refractivity contribution in [2.45, 2.75) is 31.7 Å². The minimum absolute atomic E-state index is 0.107. The Balaban J connectivity index is 2.11. The quantitative estimate of drug-likeness (QED) is 0.670. The molecule has 0 radical (unpaired) electrons. The molecule has 2 atom stereocenters. The topological polar surface area (TPSA) is 29.1 Å². The summed E-state index contributed by atoms with van der Waals surface area (Å²) in [4.78, 5) is 12.0. The molecular weight excluding hydrogens is 291 g/mol. The molecule has 0 spiro atoms. The van der Waals surface area contributed by atoms with E-state index < -0.39 is 23.4 Å². The van der Waals surface area contributed by atoms with Crippen molar-refractivity contribution in [3.8, 4) is 0 Å². The van der Waals surface area contributed by atoms with E-state index in [4.69, 9.17) is 11.6 Å². The van der Waals surface area contributed by atoms with Gasteiger partial charge in [0.15, 0.2) is 17.5 Å². The minimum Gasteiger partial charge on any atom is -0.349 e. The summed E-state index contributed by atoms with van der Waals surface area (Å²) in [5.74, 6) is -4.33. The van der Waals surface area contributed by atoms with E-state index >= 15 is 0 Å². The highest BCUT2D eigenvalue weighted by Crippen LogP contribution is 2.26. The van der Waals surface area contributed by atoms with E-state index in [9.17, 15) is 18.0 Å². The molecule has 0 saturated heterocycles. The van der Waals surface area contributed by atoms with Crippen LogP contribution in [0.5, 0.6) is 0 Å². The molecule has 2 nitrogen and oxygen atoms in total. The molecule has 1 saturated carbocycles. The largest absolute Gasteiger partial charge is 0.349 e. The van der Waals surface area contributed by atoms with Crippen molar-refractivity contribution in [3.05, 3.63) is 35.1 Å². The number of nitrogens with one attached hydrogen (secondary N) is 1. The van der Waals surface area contributed by atoms with Gasteiger partial charge in [-0.2, -0.15) is 0 Å². The van der Waals surface area contributed by atoms with Gasteiger partial charge in [-0.15, -0.1) is 11.6 Å². The molecular formula is C14H15ClF3NO. The van der Waals surface area contributed by atoms with Crippen LogP contribution in [-0.2, 0) is 0 Å². The van der Waals surface area contributed by atoms with Crippen LogP contribution in [0.3, 0.4) is 0 Å². The monoisotopic (exact) mass is 305 g/mol. The Bertz CT molecular complexity index is 486. The molecule has 0 aromatic heterocycles. The Morgan fingerprint density at radius 2 is 1.80 bits per heavy atom. The van der Waals surface area contributed by atoms with Crippen LogP contribution in [0.15, 0.2) is 12.1 Å². The zero-order chi connectivity index (χ0) is 14.7. The van der Waals surface area contributed by atoms with E-state index in [-0.39, 0.29) is 17.5 Å². The van der Waals surface area contributed by atoms with Crippen LogP contribution < -0.4 is 5.32 Å². The minimum atomic E-state index is -1.57. The van der Waals surface area contributed by atoms with Gasteiger partial charge < -0.3 is 5.32 Å². The molecule has 20 heavy (non-hydrogen) atoms. The predicted molar refractivity (Wildman–Crippen MR) is 70.2 cm³/mol. The fourth-order valence-corrected chi connectivity index (χ4v) is 2.89. The second kappa shape index (κ2) is 6.48. The number of benzene rings is 1. The lowest BCUT2D eigenvalue weighted by Crippen LogP contribution is -2.42. The molecule has 0 aliphatic heterocycles. The summed E-state index contributed by atoms with van der Waals surface area (Å²) in [5, 5.41) is 2.73. The van der Waals surface area contributed by atoms with Gasteiger partial charge in [0.25, 0.3) is 5.91 Å². The predicted octanol–water partition coefficient (Wildman–Crippen LogP) is 3.63. The molecule has 1 aromatic carbocycles. The second-order valence-corrected chi connectivity index (χ2v) is 5.34. The molecule has 0 bridgehead atoms. The molecule has 1 aromatic rings. The normalized spacial score (nSPS) is 22.6. The summed E-state index contributed by atoms with van der Waals surface area (Å²) in [7, 11) is 0. The third-order valence-electron chi connectivity index (χ3n) is 3.67. The smallest absolute Gasteiger partial charge is 0.251 e. The highest BCUT2D eigenvalue weighted by molar-refractivity contribution is 6.18. The van der Waals surface area contributed by atoms with E-state index in [0.717, 1.165) is 25.7 Å². The van der Waals surface area contributed by atoms with E-state index in [1.807, 2.05) is 0 Å². The zero-order valence-corrected chi connectivity index (χ0v) is 11.5. The van der Waals surface area contributed by atoms with Crippen LogP contribution >= 0.6 is 11.6 Å². The second-order valence-electron chi connectivity index (χ2n) is 5.03. The molecule has 1 fully saturated rings. The van der Waals surface area contributed by atoms with Gasteiger partial charge in [0.1, 0.15) is 0 Å². The molecule has 6 heteroatoms. The number of halogens is 4. The van der Waals surface area contributed by atoms with Gasteiger partial charge in [-0.1, -0.05) is 12.8 Å². The van der Waals surface area contributed by atoms with Crippen LogP contribution in [-0.4, -0.2) is 17.8 Å². The fraction of sp³-hybridized carbons (Fsp3) is 0.500. The Morgan fingerprint density at radius 3 is 2.40 bits per heavy atom. The number of hydrogen-bond donors (Lipinski definition) is 1. The van der Waals surface area contributed by atoms with Gasteiger partial charge in [-0.25, -0.2) is 13.2 Å². The maximum absolute atomic E-state index is 13.1. The zero-order valence-electron chi connectivity index (χ0n) is 10.8. The van der Waals surface area contributed by atoms with Gasteiger partial charge in [0.05, 0.1) is 0 Å². The maximum Gasteiger partial charge on any atom is 0.251 e. The first-order chi connectivity index (χ1) is 9.52. The van der Waals surface area contributed by atoms with Gasteiger partial charge in [-0.3, -0.25) is 4.79 Å². The Labute approximate surface area is 120 Å². The van der Waals surface area contributed by atoms with Crippen molar-refractivity contribution in [3.63, 3.8) is 0 Å². The van der Waals surface area contributed by atoms with E-state index in [1.165, 1.54) is 0 Å². The molecule has 110 valence electrons. The van der Waals surface area contributed by atoms with E-state index in [1.54, 1.807) is 0 Å². The Hall–Kier alpha value is -1.23. The van der Waals surface area contributed by atoms with E-state index in [0.29, 0.717) is 18.0 Å². The summed E-state index contributed by atoms with van der Waals surface area (Å²) in [5.41, 5.74) is -0.222. The third-order valence-corrected chi connectivity index (χ3v) is 4.07. The molecule has 2 unspecified atom stereocenters. The van der Waals surface area contributed by atoms with Gasteiger partial charge in [0.2, 0.25) is 0 Å². The van der Waals surface area contributed by atoms with Crippen LogP contribution in [0, 0.1) is 23.4 Å². The van der Waals surface area contributed by atoms with Crippen molar-refractivity contribution in [2.75, 3.05) is 5.88 Å².